The molecule has 0 aromatic heterocycles. The Morgan fingerprint density at radius 2 is 1.71 bits per heavy atom. The van der Waals surface area contributed by atoms with Gasteiger partial charge in [0.15, 0.2) is 0 Å². The Balaban J connectivity index is 2.72. The summed E-state index contributed by atoms with van der Waals surface area (Å²) in [7, 11) is 0. The smallest absolute Gasteiger partial charge is 0.136 e. The Morgan fingerprint density at radius 1 is 1.00 bits per heavy atom. The predicted octanol–water partition coefficient (Wildman–Crippen LogP) is 3.78. The first-order valence-corrected chi connectivity index (χ1v) is 4.93. The monoisotopic (exact) mass is 238 g/mol. The largest absolute Gasteiger partial charge is 0.508 e. The van der Waals surface area contributed by atoms with Crippen LogP contribution < -0.4 is 0 Å². The first-order chi connectivity index (χ1) is 7.99. The average Bonchev–Trinajstić information content (AvgIpc) is 2.23. The highest BCUT2D eigenvalue weighted by Crippen LogP contribution is 2.30. The zero-order valence-corrected chi connectivity index (χ0v) is 8.97. The van der Waals surface area contributed by atoms with Crippen LogP contribution >= 0.6 is 0 Å². The number of phenolic OH excluding ortho intramolecular Hbond substituents is 1. The van der Waals surface area contributed by atoms with Gasteiger partial charge in [-0.2, -0.15) is 0 Å². The van der Waals surface area contributed by atoms with Crippen molar-refractivity contribution in [2.75, 3.05) is 0 Å². The van der Waals surface area contributed by atoms with Crippen LogP contribution in [0.5, 0.6) is 5.75 Å². The van der Waals surface area contributed by atoms with Gasteiger partial charge in [0, 0.05) is 6.07 Å². The van der Waals surface area contributed by atoms with E-state index in [0.717, 1.165) is 24.3 Å². The molecule has 0 fully saturated rings. The minimum absolute atomic E-state index is 0.0267. The van der Waals surface area contributed by atoms with Gasteiger partial charge in [0.25, 0.3) is 0 Å². The molecule has 17 heavy (non-hydrogen) atoms. The van der Waals surface area contributed by atoms with Crippen LogP contribution in [0.2, 0.25) is 0 Å². The van der Waals surface area contributed by atoms with E-state index < -0.39 is 17.5 Å². The molecule has 2 rings (SSSR count). The molecule has 0 bridgehead atoms. The molecule has 0 saturated heterocycles. The number of phenols is 1. The van der Waals surface area contributed by atoms with Crippen molar-refractivity contribution in [3.05, 3.63) is 53.3 Å². The van der Waals surface area contributed by atoms with Crippen molar-refractivity contribution in [3.8, 4) is 16.9 Å². The first-order valence-electron chi connectivity index (χ1n) is 4.93. The van der Waals surface area contributed by atoms with E-state index in [2.05, 4.69) is 0 Å². The number of halogens is 3. The lowest BCUT2D eigenvalue weighted by Gasteiger charge is -2.08. The molecule has 2 aromatic rings. The van der Waals surface area contributed by atoms with Crippen LogP contribution in [0.4, 0.5) is 13.2 Å². The van der Waals surface area contributed by atoms with Gasteiger partial charge in [0.05, 0.1) is 5.56 Å². The second kappa shape index (κ2) is 4.13. The van der Waals surface area contributed by atoms with E-state index >= 15 is 0 Å². The van der Waals surface area contributed by atoms with E-state index in [1.807, 2.05) is 0 Å². The summed E-state index contributed by atoms with van der Waals surface area (Å²) in [6.45, 7) is 1.48. The Bertz CT molecular complexity index is 559. The Kier molecular flexibility index (Phi) is 2.79. The van der Waals surface area contributed by atoms with E-state index in [0.29, 0.717) is 0 Å². The van der Waals surface area contributed by atoms with Gasteiger partial charge in [-0.3, -0.25) is 0 Å². The minimum Gasteiger partial charge on any atom is -0.508 e. The van der Waals surface area contributed by atoms with Gasteiger partial charge in [-0.05, 0) is 36.2 Å². The lowest BCUT2D eigenvalue weighted by molar-refractivity contribution is 0.469. The van der Waals surface area contributed by atoms with E-state index in [4.69, 9.17) is 0 Å². The molecule has 0 radical (unpaired) electrons. The third-order valence-electron chi connectivity index (χ3n) is 2.46. The van der Waals surface area contributed by atoms with Gasteiger partial charge in [0.2, 0.25) is 0 Å². The molecule has 1 nitrogen and oxygen atoms in total. The van der Waals surface area contributed by atoms with Gasteiger partial charge in [0.1, 0.15) is 23.2 Å². The normalized spacial score (nSPS) is 10.6. The number of aromatic hydroxyl groups is 1. The summed E-state index contributed by atoms with van der Waals surface area (Å²) in [5.74, 6) is -2.67. The molecule has 0 atom stereocenters. The molecule has 0 aliphatic carbocycles. The lowest BCUT2D eigenvalue weighted by Crippen LogP contribution is -1.93. The zero-order valence-electron chi connectivity index (χ0n) is 8.97. The fourth-order valence-corrected chi connectivity index (χ4v) is 1.64. The van der Waals surface area contributed by atoms with Gasteiger partial charge in [-0.25, -0.2) is 13.2 Å². The summed E-state index contributed by atoms with van der Waals surface area (Å²) in [5.41, 5.74) is -0.105. The van der Waals surface area contributed by atoms with E-state index in [-0.39, 0.29) is 22.4 Å². The number of benzene rings is 2. The van der Waals surface area contributed by atoms with E-state index in [1.54, 1.807) is 0 Å². The maximum absolute atomic E-state index is 13.8. The highest BCUT2D eigenvalue weighted by atomic mass is 19.1. The predicted molar refractivity (Wildman–Crippen MR) is 58.2 cm³/mol. The fourth-order valence-electron chi connectivity index (χ4n) is 1.64. The van der Waals surface area contributed by atoms with E-state index in [1.165, 1.54) is 13.0 Å². The molecule has 0 saturated carbocycles. The van der Waals surface area contributed by atoms with Crippen molar-refractivity contribution >= 4 is 0 Å². The van der Waals surface area contributed by atoms with Gasteiger partial charge in [-0.1, -0.05) is 6.07 Å². The molecule has 2 aromatic carbocycles. The summed E-state index contributed by atoms with van der Waals surface area (Å²) in [6.07, 6.45) is 0. The topological polar surface area (TPSA) is 20.2 Å². The molecule has 88 valence electrons. The lowest BCUT2D eigenvalue weighted by atomic mass is 10.0. The molecule has 0 amide bonds. The molecule has 0 unspecified atom stereocenters. The van der Waals surface area contributed by atoms with Crippen LogP contribution in [0.15, 0.2) is 30.3 Å². The molecule has 0 aliphatic rings. The third-order valence-corrected chi connectivity index (χ3v) is 2.46. The van der Waals surface area contributed by atoms with Crippen molar-refractivity contribution in [2.24, 2.45) is 0 Å². The van der Waals surface area contributed by atoms with Gasteiger partial charge >= 0.3 is 0 Å². The quantitative estimate of drug-likeness (QED) is 0.801. The van der Waals surface area contributed by atoms with Gasteiger partial charge in [-0.15, -0.1) is 0 Å². The summed E-state index contributed by atoms with van der Waals surface area (Å²) in [6, 6.07) is 5.36. The number of rotatable bonds is 1. The second-order valence-electron chi connectivity index (χ2n) is 3.75. The molecule has 4 heteroatoms. The Hall–Kier alpha value is -1.97. The van der Waals surface area contributed by atoms with Crippen LogP contribution in [0, 0.1) is 24.4 Å². The number of hydrogen-bond acceptors (Lipinski definition) is 1. The van der Waals surface area contributed by atoms with Crippen LogP contribution in [-0.2, 0) is 0 Å². The SMILES string of the molecule is Cc1ccc(F)c(-c2cc(O)cc(F)c2)c1F. The van der Waals surface area contributed by atoms with Crippen LogP contribution in [-0.4, -0.2) is 5.11 Å². The van der Waals surface area contributed by atoms with Crippen molar-refractivity contribution in [2.45, 2.75) is 6.92 Å². The number of aryl methyl sites for hydroxylation is 1. The van der Waals surface area contributed by atoms with Gasteiger partial charge < -0.3 is 5.11 Å². The first kappa shape index (κ1) is 11.5. The molecular formula is C13H9F3O. The highest BCUT2D eigenvalue weighted by Gasteiger charge is 2.14. The van der Waals surface area contributed by atoms with Crippen molar-refractivity contribution in [1.82, 2.24) is 0 Å². The molecule has 0 spiro atoms. The maximum Gasteiger partial charge on any atom is 0.136 e. The summed E-state index contributed by atoms with van der Waals surface area (Å²) in [4.78, 5) is 0. The van der Waals surface area contributed by atoms with Crippen LogP contribution in [0.3, 0.4) is 0 Å². The van der Waals surface area contributed by atoms with E-state index in [9.17, 15) is 18.3 Å². The highest BCUT2D eigenvalue weighted by molar-refractivity contribution is 5.67. The van der Waals surface area contributed by atoms with Crippen molar-refractivity contribution < 1.29 is 18.3 Å². The summed E-state index contributed by atoms with van der Waals surface area (Å²) < 4.78 is 40.4. The molecule has 1 N–H and O–H groups in total. The minimum atomic E-state index is -0.793. The summed E-state index contributed by atoms with van der Waals surface area (Å²) in [5, 5.41) is 9.22. The van der Waals surface area contributed by atoms with Crippen molar-refractivity contribution in [1.29, 1.82) is 0 Å². The summed E-state index contributed by atoms with van der Waals surface area (Å²) >= 11 is 0. The molecular weight excluding hydrogens is 229 g/mol. The molecule has 0 heterocycles. The third kappa shape index (κ3) is 2.11. The fraction of sp³-hybridized carbons (Fsp3) is 0.0769. The zero-order chi connectivity index (χ0) is 12.6. The standard InChI is InChI=1S/C13H9F3O/c1-7-2-3-11(15)12(13(7)16)8-4-9(14)6-10(17)5-8/h2-6,17H,1H3. The van der Waals surface area contributed by atoms with Crippen LogP contribution in [0.25, 0.3) is 11.1 Å². The Morgan fingerprint density at radius 3 is 2.35 bits per heavy atom. The second-order valence-corrected chi connectivity index (χ2v) is 3.75. The number of hydrogen-bond donors (Lipinski definition) is 1. The maximum atomic E-state index is 13.8. The van der Waals surface area contributed by atoms with Crippen LogP contribution in [0.1, 0.15) is 5.56 Å². The Labute approximate surface area is 96.1 Å². The molecule has 0 aliphatic heterocycles. The van der Waals surface area contributed by atoms with Crippen molar-refractivity contribution in [3.63, 3.8) is 0 Å². The average molecular weight is 238 g/mol.